The van der Waals surface area contributed by atoms with E-state index in [1.165, 1.54) is 38.8 Å². The van der Waals surface area contributed by atoms with Crippen LogP contribution in [0.15, 0.2) is 30.3 Å². The first kappa shape index (κ1) is 16.5. The molecule has 0 unspecified atom stereocenters. The first-order valence-electron chi connectivity index (χ1n) is 9.14. The highest BCUT2D eigenvalue weighted by Crippen LogP contribution is 2.33. The molecule has 1 aromatic carbocycles. The summed E-state index contributed by atoms with van der Waals surface area (Å²) in [5, 5.41) is 3.45. The predicted molar refractivity (Wildman–Crippen MR) is 94.4 cm³/mol. The highest BCUT2D eigenvalue weighted by atomic mass is 16.2. The average molecular weight is 314 g/mol. The molecule has 2 saturated heterocycles. The van der Waals surface area contributed by atoms with Gasteiger partial charge in [0, 0.05) is 13.1 Å². The molecule has 0 spiro atoms. The van der Waals surface area contributed by atoms with Gasteiger partial charge in [-0.15, -0.1) is 0 Å². The second-order valence-electron chi connectivity index (χ2n) is 7.71. The van der Waals surface area contributed by atoms with Crippen LogP contribution in [0.2, 0.25) is 0 Å². The Morgan fingerprint density at radius 2 is 1.57 bits per heavy atom. The summed E-state index contributed by atoms with van der Waals surface area (Å²) in [6, 6.07) is 10.2. The van der Waals surface area contributed by atoms with Gasteiger partial charge in [-0.2, -0.15) is 0 Å². The maximum Gasteiger partial charge on any atom is 0.232 e. The first-order valence-corrected chi connectivity index (χ1v) is 9.14. The van der Waals surface area contributed by atoms with Crippen molar-refractivity contribution in [3.8, 4) is 0 Å². The van der Waals surface area contributed by atoms with E-state index in [1.807, 2.05) is 18.2 Å². The fraction of sp³-hybridized carbons (Fsp3) is 0.650. The van der Waals surface area contributed by atoms with Crippen molar-refractivity contribution >= 4 is 5.91 Å². The van der Waals surface area contributed by atoms with Crippen LogP contribution < -0.4 is 5.32 Å². The number of carbonyl (C=O) groups excluding carboxylic acids is 1. The Bertz CT molecular complexity index is 512. The van der Waals surface area contributed by atoms with E-state index in [2.05, 4.69) is 36.2 Å². The summed E-state index contributed by atoms with van der Waals surface area (Å²) in [6.45, 7) is 8.33. The van der Waals surface area contributed by atoms with Crippen molar-refractivity contribution in [2.75, 3.05) is 26.2 Å². The summed E-state index contributed by atoms with van der Waals surface area (Å²) in [5.74, 6) is 1.98. The van der Waals surface area contributed by atoms with E-state index in [9.17, 15) is 4.79 Å². The number of nitrogens with zero attached hydrogens (tertiary/aromatic N) is 1. The Labute approximate surface area is 140 Å². The normalized spacial score (nSPS) is 21.4. The Morgan fingerprint density at radius 1 is 1.00 bits per heavy atom. The summed E-state index contributed by atoms with van der Waals surface area (Å²) in [6.07, 6.45) is 4.99. The van der Waals surface area contributed by atoms with Crippen molar-refractivity contribution in [3.05, 3.63) is 35.9 Å². The summed E-state index contributed by atoms with van der Waals surface area (Å²) >= 11 is 0. The Morgan fingerprint density at radius 3 is 2.17 bits per heavy atom. The third-order valence-corrected chi connectivity index (χ3v) is 5.91. The maximum absolute atomic E-state index is 13.0. The number of amides is 1. The fourth-order valence-corrected chi connectivity index (χ4v) is 4.26. The molecule has 0 atom stereocenters. The molecule has 0 bridgehead atoms. The number of carbonyl (C=O) groups is 1. The minimum absolute atomic E-state index is 0.285. The zero-order valence-electron chi connectivity index (χ0n) is 14.6. The minimum Gasteiger partial charge on any atom is -0.342 e. The van der Waals surface area contributed by atoms with Gasteiger partial charge in [0.1, 0.15) is 0 Å². The monoisotopic (exact) mass is 314 g/mol. The van der Waals surface area contributed by atoms with E-state index in [1.54, 1.807) is 0 Å². The van der Waals surface area contributed by atoms with Crippen LogP contribution in [0.5, 0.6) is 0 Å². The molecule has 0 saturated carbocycles. The van der Waals surface area contributed by atoms with Gasteiger partial charge in [0.15, 0.2) is 0 Å². The average Bonchev–Trinajstić information content (AvgIpc) is 2.63. The van der Waals surface area contributed by atoms with Gasteiger partial charge in [0.2, 0.25) is 5.91 Å². The summed E-state index contributed by atoms with van der Waals surface area (Å²) in [5.41, 5.74) is 0.688. The number of hydrogen-bond acceptors (Lipinski definition) is 2. The van der Waals surface area contributed by atoms with E-state index >= 15 is 0 Å². The van der Waals surface area contributed by atoms with Crippen LogP contribution in [0.3, 0.4) is 0 Å². The van der Waals surface area contributed by atoms with Crippen LogP contribution in [-0.4, -0.2) is 37.0 Å². The van der Waals surface area contributed by atoms with Crippen molar-refractivity contribution in [1.29, 1.82) is 0 Å². The summed E-state index contributed by atoms with van der Waals surface area (Å²) in [4.78, 5) is 15.1. The second kappa shape index (κ2) is 7.04. The van der Waals surface area contributed by atoms with Crippen molar-refractivity contribution in [2.24, 2.45) is 11.8 Å². The van der Waals surface area contributed by atoms with Gasteiger partial charge < -0.3 is 10.2 Å². The SMILES string of the molecule is CC(C)(C(=O)N1CCC(C2CCNCC2)CC1)c1ccccc1. The highest BCUT2D eigenvalue weighted by molar-refractivity contribution is 5.87. The molecule has 2 heterocycles. The number of piperidine rings is 2. The third-order valence-electron chi connectivity index (χ3n) is 5.91. The van der Waals surface area contributed by atoms with Gasteiger partial charge in [-0.25, -0.2) is 0 Å². The minimum atomic E-state index is -0.428. The van der Waals surface area contributed by atoms with E-state index in [0.717, 1.165) is 30.5 Å². The zero-order chi connectivity index (χ0) is 16.3. The Kier molecular flexibility index (Phi) is 5.05. The number of hydrogen-bond donors (Lipinski definition) is 1. The highest BCUT2D eigenvalue weighted by Gasteiger charge is 2.36. The van der Waals surface area contributed by atoms with Gasteiger partial charge in [-0.3, -0.25) is 4.79 Å². The van der Waals surface area contributed by atoms with Gasteiger partial charge in [0.05, 0.1) is 5.41 Å². The molecule has 1 aromatic rings. The molecule has 0 radical (unpaired) electrons. The van der Waals surface area contributed by atoms with Crippen LogP contribution in [0.1, 0.15) is 45.1 Å². The molecule has 3 rings (SSSR count). The lowest BCUT2D eigenvalue weighted by molar-refractivity contribution is -0.138. The lowest BCUT2D eigenvalue weighted by Gasteiger charge is -2.40. The maximum atomic E-state index is 13.0. The van der Waals surface area contributed by atoms with E-state index in [4.69, 9.17) is 0 Å². The van der Waals surface area contributed by atoms with Crippen LogP contribution in [0.4, 0.5) is 0 Å². The molecule has 0 aliphatic carbocycles. The molecule has 2 aliphatic rings. The van der Waals surface area contributed by atoms with Crippen LogP contribution in [0, 0.1) is 11.8 Å². The molecule has 23 heavy (non-hydrogen) atoms. The lowest BCUT2D eigenvalue weighted by Crippen LogP contribution is -2.48. The standard InChI is InChI=1S/C20H30N2O/c1-20(2,18-6-4-3-5-7-18)19(23)22-14-10-17(11-15-22)16-8-12-21-13-9-16/h3-7,16-17,21H,8-15H2,1-2H3. The Balaban J connectivity index is 1.59. The predicted octanol–water partition coefficient (Wildman–Crippen LogP) is 3.20. The number of benzene rings is 1. The topological polar surface area (TPSA) is 32.3 Å². The van der Waals surface area contributed by atoms with Crippen LogP contribution >= 0.6 is 0 Å². The van der Waals surface area contributed by atoms with E-state index in [-0.39, 0.29) is 5.91 Å². The van der Waals surface area contributed by atoms with Gasteiger partial charge in [-0.1, -0.05) is 30.3 Å². The quantitative estimate of drug-likeness (QED) is 0.929. The lowest BCUT2D eigenvalue weighted by atomic mass is 9.78. The smallest absolute Gasteiger partial charge is 0.232 e. The first-order chi connectivity index (χ1) is 11.1. The zero-order valence-corrected chi connectivity index (χ0v) is 14.6. The van der Waals surface area contributed by atoms with E-state index < -0.39 is 5.41 Å². The van der Waals surface area contributed by atoms with Crippen molar-refractivity contribution in [3.63, 3.8) is 0 Å². The fourth-order valence-electron chi connectivity index (χ4n) is 4.26. The molecule has 1 N–H and O–H groups in total. The second-order valence-corrected chi connectivity index (χ2v) is 7.71. The van der Waals surface area contributed by atoms with E-state index in [0.29, 0.717) is 0 Å². The molecule has 2 fully saturated rings. The number of likely N-dealkylation sites (tertiary alicyclic amines) is 1. The largest absolute Gasteiger partial charge is 0.342 e. The van der Waals surface area contributed by atoms with Crippen molar-refractivity contribution in [1.82, 2.24) is 10.2 Å². The summed E-state index contributed by atoms with van der Waals surface area (Å²) in [7, 11) is 0. The molecule has 1 amide bonds. The molecule has 2 aliphatic heterocycles. The van der Waals surface area contributed by atoms with Gasteiger partial charge in [-0.05, 0) is 70.0 Å². The van der Waals surface area contributed by atoms with Crippen molar-refractivity contribution < 1.29 is 4.79 Å². The third kappa shape index (κ3) is 3.60. The Hall–Kier alpha value is -1.35. The molecule has 126 valence electrons. The number of nitrogens with one attached hydrogen (secondary N) is 1. The number of rotatable bonds is 3. The van der Waals surface area contributed by atoms with Crippen molar-refractivity contribution in [2.45, 2.75) is 44.9 Å². The molecule has 3 heteroatoms. The van der Waals surface area contributed by atoms with Crippen LogP contribution in [-0.2, 0) is 10.2 Å². The molecular weight excluding hydrogens is 284 g/mol. The molecule has 0 aromatic heterocycles. The molecular formula is C20H30N2O. The summed E-state index contributed by atoms with van der Waals surface area (Å²) < 4.78 is 0. The molecule has 3 nitrogen and oxygen atoms in total. The van der Waals surface area contributed by atoms with Crippen LogP contribution in [0.25, 0.3) is 0 Å². The van der Waals surface area contributed by atoms with Gasteiger partial charge >= 0.3 is 0 Å². The van der Waals surface area contributed by atoms with Gasteiger partial charge in [0.25, 0.3) is 0 Å².